The van der Waals surface area contributed by atoms with E-state index in [0.717, 1.165) is 17.8 Å². The largest absolute Gasteiger partial charge is 0.0651 e. The van der Waals surface area contributed by atoms with Crippen LogP contribution in [0, 0.1) is 17.8 Å². The molecular weight excluding hydrogens is 120 g/mol. The second-order valence-electron chi connectivity index (χ2n) is 4.09. The van der Waals surface area contributed by atoms with Crippen molar-refractivity contribution >= 4 is 0 Å². The lowest BCUT2D eigenvalue weighted by molar-refractivity contribution is 0.376. The van der Waals surface area contributed by atoms with Gasteiger partial charge in [0.2, 0.25) is 0 Å². The van der Waals surface area contributed by atoms with Gasteiger partial charge in [-0.05, 0) is 30.6 Å². The van der Waals surface area contributed by atoms with Crippen LogP contribution in [0.1, 0.15) is 46.5 Å². The van der Waals surface area contributed by atoms with Gasteiger partial charge in [0.05, 0.1) is 0 Å². The van der Waals surface area contributed by atoms with Crippen molar-refractivity contribution in [1.29, 1.82) is 0 Å². The molecule has 0 aromatic rings. The van der Waals surface area contributed by atoms with Gasteiger partial charge in [0.15, 0.2) is 0 Å². The maximum Gasteiger partial charge on any atom is -0.0388 e. The maximum atomic E-state index is 2.36. The Morgan fingerprint density at radius 1 is 1.30 bits per heavy atom. The second kappa shape index (κ2) is 3.41. The predicted octanol–water partition coefficient (Wildman–Crippen LogP) is 3.47. The predicted molar refractivity (Wildman–Crippen MR) is 46.0 cm³/mol. The molecular formula is C10H20. The van der Waals surface area contributed by atoms with E-state index in [1.54, 1.807) is 0 Å². The van der Waals surface area contributed by atoms with Crippen molar-refractivity contribution in [2.24, 2.45) is 17.8 Å². The van der Waals surface area contributed by atoms with Gasteiger partial charge in [0, 0.05) is 0 Å². The van der Waals surface area contributed by atoms with E-state index >= 15 is 0 Å². The standard InChI is InChI=1S/C10H20/c1-4-9-5-6-10(7-9)8(2)3/h8-10H,4-7H2,1-3H3/t9-,10-/m1/s1. The van der Waals surface area contributed by atoms with Gasteiger partial charge in [0.1, 0.15) is 0 Å². The van der Waals surface area contributed by atoms with Gasteiger partial charge in [0.25, 0.3) is 0 Å². The minimum atomic E-state index is 0.927. The molecule has 0 heteroatoms. The fourth-order valence-electron chi connectivity index (χ4n) is 2.09. The lowest BCUT2D eigenvalue weighted by atomic mass is 9.93. The fraction of sp³-hybridized carbons (Fsp3) is 1.00. The van der Waals surface area contributed by atoms with E-state index in [1.807, 2.05) is 0 Å². The van der Waals surface area contributed by atoms with Crippen molar-refractivity contribution in [3.8, 4) is 0 Å². The molecule has 1 fully saturated rings. The maximum absolute atomic E-state index is 2.36. The van der Waals surface area contributed by atoms with Crippen LogP contribution in [0.4, 0.5) is 0 Å². The van der Waals surface area contributed by atoms with Gasteiger partial charge < -0.3 is 0 Å². The third-order valence-corrected chi connectivity index (χ3v) is 3.10. The zero-order valence-electron chi connectivity index (χ0n) is 7.56. The number of hydrogen-bond donors (Lipinski definition) is 0. The summed E-state index contributed by atoms with van der Waals surface area (Å²) in [7, 11) is 0. The summed E-state index contributed by atoms with van der Waals surface area (Å²) < 4.78 is 0. The molecule has 0 saturated heterocycles. The third-order valence-electron chi connectivity index (χ3n) is 3.10. The summed E-state index contributed by atoms with van der Waals surface area (Å²) >= 11 is 0. The van der Waals surface area contributed by atoms with Crippen molar-refractivity contribution in [2.45, 2.75) is 46.5 Å². The molecule has 2 atom stereocenters. The quantitative estimate of drug-likeness (QED) is 0.551. The molecule has 0 spiro atoms. The summed E-state index contributed by atoms with van der Waals surface area (Å²) in [5, 5.41) is 0. The molecule has 0 amide bonds. The average Bonchev–Trinajstić information content (AvgIpc) is 2.34. The molecule has 1 aliphatic rings. The highest BCUT2D eigenvalue weighted by Gasteiger charge is 2.24. The van der Waals surface area contributed by atoms with Crippen LogP contribution in [0.2, 0.25) is 0 Å². The second-order valence-corrected chi connectivity index (χ2v) is 4.09. The Balaban J connectivity index is 2.28. The Bertz CT molecular complexity index is 94.2. The first kappa shape index (κ1) is 8.10. The topological polar surface area (TPSA) is 0 Å². The monoisotopic (exact) mass is 140 g/mol. The molecule has 0 unspecified atom stereocenters. The Kier molecular flexibility index (Phi) is 2.76. The van der Waals surface area contributed by atoms with Crippen molar-refractivity contribution in [2.75, 3.05) is 0 Å². The molecule has 0 aromatic heterocycles. The molecule has 0 radical (unpaired) electrons. The van der Waals surface area contributed by atoms with Crippen LogP contribution in [0.15, 0.2) is 0 Å². The molecule has 0 aliphatic heterocycles. The van der Waals surface area contributed by atoms with Crippen LogP contribution >= 0.6 is 0 Å². The van der Waals surface area contributed by atoms with E-state index in [-0.39, 0.29) is 0 Å². The highest BCUT2D eigenvalue weighted by molar-refractivity contribution is 4.76. The van der Waals surface area contributed by atoms with E-state index in [1.165, 1.54) is 25.7 Å². The normalized spacial score (nSPS) is 33.6. The molecule has 0 nitrogen and oxygen atoms in total. The fourth-order valence-corrected chi connectivity index (χ4v) is 2.09. The van der Waals surface area contributed by atoms with E-state index in [0.29, 0.717) is 0 Å². The first-order chi connectivity index (χ1) is 4.74. The summed E-state index contributed by atoms with van der Waals surface area (Å²) in [4.78, 5) is 0. The Morgan fingerprint density at radius 3 is 2.30 bits per heavy atom. The summed E-state index contributed by atoms with van der Waals surface area (Å²) in [6, 6.07) is 0. The SMILES string of the molecule is CC[C@@H]1CC[C@@H](C(C)C)C1. The molecule has 1 saturated carbocycles. The van der Waals surface area contributed by atoms with Crippen LogP contribution in [-0.4, -0.2) is 0 Å². The Labute approximate surface area is 65.0 Å². The van der Waals surface area contributed by atoms with Gasteiger partial charge in [-0.25, -0.2) is 0 Å². The van der Waals surface area contributed by atoms with Gasteiger partial charge in [-0.1, -0.05) is 33.6 Å². The highest BCUT2D eigenvalue weighted by atomic mass is 14.3. The van der Waals surface area contributed by atoms with Gasteiger partial charge in [-0.15, -0.1) is 0 Å². The van der Waals surface area contributed by atoms with Crippen molar-refractivity contribution in [3.05, 3.63) is 0 Å². The van der Waals surface area contributed by atoms with Crippen LogP contribution in [0.3, 0.4) is 0 Å². The first-order valence-corrected chi connectivity index (χ1v) is 4.74. The zero-order valence-corrected chi connectivity index (χ0v) is 7.56. The summed E-state index contributed by atoms with van der Waals surface area (Å²) in [5.41, 5.74) is 0. The van der Waals surface area contributed by atoms with E-state index in [9.17, 15) is 0 Å². The molecule has 0 aromatic carbocycles. The molecule has 0 N–H and O–H groups in total. The van der Waals surface area contributed by atoms with Crippen LogP contribution in [-0.2, 0) is 0 Å². The van der Waals surface area contributed by atoms with E-state index in [4.69, 9.17) is 0 Å². The van der Waals surface area contributed by atoms with Gasteiger partial charge in [-0.2, -0.15) is 0 Å². The third kappa shape index (κ3) is 1.74. The van der Waals surface area contributed by atoms with Crippen molar-refractivity contribution in [3.63, 3.8) is 0 Å². The summed E-state index contributed by atoms with van der Waals surface area (Å²) in [5.74, 6) is 3.04. The summed E-state index contributed by atoms with van der Waals surface area (Å²) in [6.45, 7) is 7.05. The minimum Gasteiger partial charge on any atom is -0.0651 e. The average molecular weight is 140 g/mol. The highest BCUT2D eigenvalue weighted by Crippen LogP contribution is 2.36. The molecule has 0 bridgehead atoms. The zero-order chi connectivity index (χ0) is 7.56. The Morgan fingerprint density at radius 2 is 2.00 bits per heavy atom. The minimum absolute atomic E-state index is 0.927. The van der Waals surface area contributed by atoms with Crippen LogP contribution in [0.5, 0.6) is 0 Å². The van der Waals surface area contributed by atoms with Gasteiger partial charge in [-0.3, -0.25) is 0 Å². The Hall–Kier alpha value is 0. The molecule has 0 heterocycles. The molecule has 10 heavy (non-hydrogen) atoms. The molecule has 1 aliphatic carbocycles. The van der Waals surface area contributed by atoms with Crippen molar-refractivity contribution < 1.29 is 0 Å². The molecule has 1 rings (SSSR count). The lowest BCUT2D eigenvalue weighted by Crippen LogP contribution is -2.03. The molecule has 60 valence electrons. The van der Waals surface area contributed by atoms with Crippen molar-refractivity contribution in [1.82, 2.24) is 0 Å². The van der Waals surface area contributed by atoms with Crippen LogP contribution in [0.25, 0.3) is 0 Å². The van der Waals surface area contributed by atoms with E-state index < -0.39 is 0 Å². The number of hydrogen-bond acceptors (Lipinski definition) is 0. The first-order valence-electron chi connectivity index (χ1n) is 4.74. The summed E-state index contributed by atoms with van der Waals surface area (Å²) in [6.07, 6.45) is 5.91. The van der Waals surface area contributed by atoms with E-state index in [2.05, 4.69) is 20.8 Å². The van der Waals surface area contributed by atoms with Crippen LogP contribution < -0.4 is 0 Å². The smallest absolute Gasteiger partial charge is 0.0388 e. The van der Waals surface area contributed by atoms with Gasteiger partial charge >= 0.3 is 0 Å². The number of rotatable bonds is 2. The lowest BCUT2D eigenvalue weighted by Gasteiger charge is -2.13.